The van der Waals surface area contributed by atoms with Crippen LogP contribution in [0.3, 0.4) is 0 Å². The summed E-state index contributed by atoms with van der Waals surface area (Å²) in [6.45, 7) is 5.89. The Morgan fingerprint density at radius 1 is 1.40 bits per heavy atom. The van der Waals surface area contributed by atoms with Gasteiger partial charge in [-0.1, -0.05) is 19.2 Å². The van der Waals surface area contributed by atoms with Crippen LogP contribution in [-0.2, 0) is 0 Å². The van der Waals surface area contributed by atoms with Gasteiger partial charge in [0.05, 0.1) is 0 Å². The van der Waals surface area contributed by atoms with Gasteiger partial charge < -0.3 is 0 Å². The van der Waals surface area contributed by atoms with E-state index < -0.39 is 13.9 Å². The van der Waals surface area contributed by atoms with Crippen LogP contribution >= 0.6 is 0 Å². The van der Waals surface area contributed by atoms with E-state index in [4.69, 9.17) is 0 Å². The van der Waals surface area contributed by atoms with E-state index in [1.54, 1.807) is 0 Å². The molecule has 10 heavy (non-hydrogen) atoms. The largest absolute Gasteiger partial charge is 0.361 e. The summed E-state index contributed by atoms with van der Waals surface area (Å²) < 4.78 is 36.1. The summed E-state index contributed by atoms with van der Waals surface area (Å²) in [5.41, 5.74) is 0. The molecule has 60 valence electrons. The van der Waals surface area contributed by atoms with E-state index in [9.17, 15) is 13.2 Å². The SMILES string of the molecule is C=CC[Si](C)(C)C(F)(F)F. The molecule has 0 saturated heterocycles. The summed E-state index contributed by atoms with van der Waals surface area (Å²) >= 11 is 0. The van der Waals surface area contributed by atoms with E-state index in [1.807, 2.05) is 0 Å². The number of hydrogen-bond acceptors (Lipinski definition) is 0. The Morgan fingerprint density at radius 3 is 1.90 bits per heavy atom. The lowest BCUT2D eigenvalue weighted by Gasteiger charge is -2.23. The molecule has 0 nitrogen and oxygen atoms in total. The predicted molar refractivity (Wildman–Crippen MR) is 38.5 cm³/mol. The van der Waals surface area contributed by atoms with Gasteiger partial charge in [-0.25, -0.2) is 0 Å². The molecule has 0 spiro atoms. The highest BCUT2D eigenvalue weighted by molar-refractivity contribution is 6.79. The van der Waals surface area contributed by atoms with Crippen LogP contribution < -0.4 is 0 Å². The van der Waals surface area contributed by atoms with Crippen molar-refractivity contribution < 1.29 is 13.2 Å². The lowest BCUT2D eigenvalue weighted by Crippen LogP contribution is -2.43. The second-order valence-electron chi connectivity index (χ2n) is 2.87. The number of allylic oxidation sites excluding steroid dienone is 1. The molecule has 0 radical (unpaired) electrons. The molecule has 0 saturated carbocycles. The van der Waals surface area contributed by atoms with E-state index in [0.29, 0.717) is 0 Å². The molecule has 0 unspecified atom stereocenters. The normalized spacial score (nSPS) is 13.3. The third kappa shape index (κ3) is 2.17. The minimum absolute atomic E-state index is 0.108. The smallest absolute Gasteiger partial charge is 0.177 e. The van der Waals surface area contributed by atoms with Crippen LogP contribution in [0.25, 0.3) is 0 Å². The zero-order valence-corrected chi connectivity index (χ0v) is 7.13. The van der Waals surface area contributed by atoms with E-state index in [0.717, 1.165) is 0 Å². The Bertz CT molecular complexity index is 125. The first kappa shape index (κ1) is 9.75. The van der Waals surface area contributed by atoms with Gasteiger partial charge >= 0.3 is 5.80 Å². The maximum atomic E-state index is 12.0. The molecule has 0 aromatic carbocycles. The van der Waals surface area contributed by atoms with Gasteiger partial charge in [0, 0.05) is 0 Å². The van der Waals surface area contributed by atoms with E-state index in [-0.39, 0.29) is 6.04 Å². The highest BCUT2D eigenvalue weighted by atomic mass is 28.3. The van der Waals surface area contributed by atoms with Gasteiger partial charge in [-0.2, -0.15) is 13.2 Å². The van der Waals surface area contributed by atoms with Crippen molar-refractivity contribution in [2.75, 3.05) is 0 Å². The maximum absolute atomic E-state index is 12.0. The van der Waals surface area contributed by atoms with Crippen LogP contribution in [0.15, 0.2) is 12.7 Å². The molecule has 0 aliphatic heterocycles. The molecule has 0 rings (SSSR count). The Labute approximate surface area is 59.8 Å². The Kier molecular flexibility index (Phi) is 2.71. The average Bonchev–Trinajstić information content (AvgIpc) is 1.61. The molecule has 0 fully saturated rings. The fourth-order valence-corrected chi connectivity index (χ4v) is 1.43. The Morgan fingerprint density at radius 2 is 1.80 bits per heavy atom. The van der Waals surface area contributed by atoms with Crippen molar-refractivity contribution in [2.24, 2.45) is 0 Å². The van der Waals surface area contributed by atoms with Gasteiger partial charge in [0.25, 0.3) is 0 Å². The molecule has 0 heterocycles. The van der Waals surface area contributed by atoms with Crippen molar-refractivity contribution in [1.82, 2.24) is 0 Å². The van der Waals surface area contributed by atoms with Crippen LogP contribution in [0, 0.1) is 0 Å². The quantitative estimate of drug-likeness (QED) is 0.439. The number of hydrogen-bond donors (Lipinski definition) is 0. The second-order valence-corrected chi connectivity index (χ2v) is 7.62. The minimum atomic E-state index is -3.98. The maximum Gasteiger partial charge on any atom is 0.361 e. The molecule has 0 amide bonds. The lowest BCUT2D eigenvalue weighted by atomic mass is 10.8. The number of alkyl halides is 3. The molecule has 0 aromatic heterocycles. The topological polar surface area (TPSA) is 0 Å². The summed E-state index contributed by atoms with van der Waals surface area (Å²) in [4.78, 5) is 0. The highest BCUT2D eigenvalue weighted by Gasteiger charge is 2.48. The highest BCUT2D eigenvalue weighted by Crippen LogP contribution is 2.31. The van der Waals surface area contributed by atoms with Gasteiger partial charge in [-0.3, -0.25) is 0 Å². The first-order valence-electron chi connectivity index (χ1n) is 2.99. The van der Waals surface area contributed by atoms with Crippen molar-refractivity contribution in [3.8, 4) is 0 Å². The van der Waals surface area contributed by atoms with Crippen LogP contribution in [0.1, 0.15) is 0 Å². The molecular weight excluding hydrogens is 157 g/mol. The summed E-state index contributed by atoms with van der Waals surface area (Å²) in [5.74, 6) is -3.98. The van der Waals surface area contributed by atoms with Crippen LogP contribution in [-0.4, -0.2) is 13.9 Å². The van der Waals surface area contributed by atoms with Gasteiger partial charge in [0.15, 0.2) is 8.07 Å². The molecule has 0 atom stereocenters. The standard InChI is InChI=1S/C6H11F3Si/c1-4-5-10(2,3)6(7,8)9/h4H,1,5H2,2-3H3. The number of rotatable bonds is 2. The average molecular weight is 168 g/mol. The van der Waals surface area contributed by atoms with Crippen LogP contribution in [0.5, 0.6) is 0 Å². The number of halogens is 3. The van der Waals surface area contributed by atoms with Crippen molar-refractivity contribution in [1.29, 1.82) is 0 Å². The van der Waals surface area contributed by atoms with Crippen molar-refractivity contribution in [3.63, 3.8) is 0 Å². The van der Waals surface area contributed by atoms with Gasteiger partial charge in [0.1, 0.15) is 0 Å². The first-order valence-corrected chi connectivity index (χ1v) is 6.19. The third-order valence-electron chi connectivity index (χ3n) is 1.42. The molecule has 0 bridgehead atoms. The molecule has 4 heteroatoms. The summed E-state index contributed by atoms with van der Waals surface area (Å²) in [7, 11) is -3.02. The van der Waals surface area contributed by atoms with E-state index in [1.165, 1.54) is 19.2 Å². The predicted octanol–water partition coefficient (Wildman–Crippen LogP) is 2.98. The molecule has 0 aliphatic rings. The fraction of sp³-hybridized carbons (Fsp3) is 0.667. The van der Waals surface area contributed by atoms with E-state index >= 15 is 0 Å². The zero-order valence-electron chi connectivity index (χ0n) is 6.13. The zero-order chi connectivity index (χ0) is 8.41. The Balaban J connectivity index is 4.23. The Hall–Kier alpha value is -0.253. The molecule has 0 aromatic rings. The first-order chi connectivity index (χ1) is 4.31. The third-order valence-corrected chi connectivity index (χ3v) is 4.27. The van der Waals surface area contributed by atoms with Gasteiger partial charge in [0.2, 0.25) is 0 Å². The van der Waals surface area contributed by atoms with Crippen LogP contribution in [0.4, 0.5) is 13.2 Å². The van der Waals surface area contributed by atoms with Gasteiger partial charge in [-0.15, -0.1) is 6.58 Å². The monoisotopic (exact) mass is 168 g/mol. The van der Waals surface area contributed by atoms with Crippen molar-refractivity contribution in [3.05, 3.63) is 12.7 Å². The minimum Gasteiger partial charge on any atom is -0.177 e. The lowest BCUT2D eigenvalue weighted by molar-refractivity contribution is -0.0558. The van der Waals surface area contributed by atoms with Gasteiger partial charge in [-0.05, 0) is 6.04 Å². The molecular formula is C6H11F3Si. The summed E-state index contributed by atoms with van der Waals surface area (Å²) in [5, 5.41) is 0. The fourth-order valence-electron chi connectivity index (χ4n) is 0.477. The van der Waals surface area contributed by atoms with E-state index in [2.05, 4.69) is 6.58 Å². The second kappa shape index (κ2) is 2.78. The summed E-state index contributed by atoms with van der Waals surface area (Å²) in [6.07, 6.45) is 1.35. The molecule has 0 aliphatic carbocycles. The van der Waals surface area contributed by atoms with Crippen molar-refractivity contribution >= 4 is 8.07 Å². The van der Waals surface area contributed by atoms with Crippen molar-refractivity contribution in [2.45, 2.75) is 24.9 Å². The van der Waals surface area contributed by atoms with Crippen LogP contribution in [0.2, 0.25) is 19.1 Å². The summed E-state index contributed by atoms with van der Waals surface area (Å²) in [6, 6.07) is 0.108. The molecule has 0 N–H and O–H groups in total.